The van der Waals surface area contributed by atoms with Crippen molar-refractivity contribution in [2.24, 2.45) is 0 Å². The predicted molar refractivity (Wildman–Crippen MR) is 101 cm³/mol. The third kappa shape index (κ3) is 3.61. The van der Waals surface area contributed by atoms with Crippen LogP contribution >= 0.6 is 23.1 Å². The van der Waals surface area contributed by atoms with Gasteiger partial charge in [0.2, 0.25) is 0 Å². The largest absolute Gasteiger partial charge is 0.496 e. The fourth-order valence-electron chi connectivity index (χ4n) is 2.31. The van der Waals surface area contributed by atoms with Gasteiger partial charge in [-0.3, -0.25) is 4.98 Å². The van der Waals surface area contributed by atoms with E-state index in [9.17, 15) is 0 Å². The zero-order valence-corrected chi connectivity index (χ0v) is 15.5. The Kier molecular flexibility index (Phi) is 4.94. The molecule has 4 aromatic rings. The third-order valence-electron chi connectivity index (χ3n) is 3.52. The van der Waals surface area contributed by atoms with E-state index in [4.69, 9.17) is 9.15 Å². The number of hydrogen-bond acceptors (Lipinski definition) is 8. The number of para-hydroxylation sites is 1. The zero-order valence-electron chi connectivity index (χ0n) is 13.8. The molecule has 3 aromatic heterocycles. The molecule has 3 heterocycles. The van der Waals surface area contributed by atoms with Gasteiger partial charge >= 0.3 is 0 Å². The van der Waals surface area contributed by atoms with E-state index >= 15 is 0 Å². The molecule has 130 valence electrons. The van der Waals surface area contributed by atoms with Gasteiger partial charge in [0, 0.05) is 17.3 Å². The summed E-state index contributed by atoms with van der Waals surface area (Å²) >= 11 is 3.03. The molecule has 0 radical (unpaired) electrons. The lowest BCUT2D eigenvalue weighted by molar-refractivity contribution is 0.411. The van der Waals surface area contributed by atoms with E-state index in [1.54, 1.807) is 24.6 Å². The van der Waals surface area contributed by atoms with E-state index in [1.807, 2.05) is 47.8 Å². The fourth-order valence-corrected chi connectivity index (χ4v) is 3.87. The topological polar surface area (TPSA) is 73.9 Å². The van der Waals surface area contributed by atoms with Crippen molar-refractivity contribution in [3.8, 4) is 27.9 Å². The first-order valence-electron chi connectivity index (χ1n) is 7.79. The Morgan fingerprint density at radius 2 is 2.00 bits per heavy atom. The maximum atomic E-state index is 5.75. The van der Waals surface area contributed by atoms with Crippen LogP contribution in [0.15, 0.2) is 63.7 Å². The summed E-state index contributed by atoms with van der Waals surface area (Å²) in [6, 6.07) is 13.4. The van der Waals surface area contributed by atoms with Crippen LogP contribution in [0.25, 0.3) is 22.2 Å². The Labute approximate surface area is 158 Å². The molecule has 0 aliphatic carbocycles. The number of aromatic nitrogens is 4. The number of benzene rings is 1. The number of nitrogens with zero attached hydrogens (tertiary/aromatic N) is 4. The van der Waals surface area contributed by atoms with E-state index in [2.05, 4.69) is 20.2 Å². The van der Waals surface area contributed by atoms with Gasteiger partial charge in [-0.15, -0.1) is 21.5 Å². The second-order valence-corrected chi connectivity index (χ2v) is 7.01. The van der Waals surface area contributed by atoms with Gasteiger partial charge in [-0.05, 0) is 24.3 Å². The van der Waals surface area contributed by atoms with Gasteiger partial charge in [-0.2, -0.15) is 0 Å². The van der Waals surface area contributed by atoms with Crippen LogP contribution in [0.3, 0.4) is 0 Å². The lowest BCUT2D eigenvalue weighted by atomic mass is 10.2. The van der Waals surface area contributed by atoms with Crippen molar-refractivity contribution < 1.29 is 9.15 Å². The number of pyridine rings is 1. The molecule has 0 aliphatic rings. The molecule has 0 unspecified atom stereocenters. The minimum Gasteiger partial charge on any atom is -0.496 e. The van der Waals surface area contributed by atoms with Crippen molar-refractivity contribution in [2.75, 3.05) is 7.11 Å². The van der Waals surface area contributed by atoms with Crippen LogP contribution in [0.5, 0.6) is 5.75 Å². The maximum Gasteiger partial charge on any atom is 0.277 e. The summed E-state index contributed by atoms with van der Waals surface area (Å²) in [5, 5.41) is 11.6. The Morgan fingerprint density at radius 1 is 1.12 bits per heavy atom. The lowest BCUT2D eigenvalue weighted by Gasteiger charge is -2.03. The minimum atomic E-state index is 0.442. The van der Waals surface area contributed by atoms with Crippen LogP contribution in [-0.4, -0.2) is 27.3 Å². The van der Waals surface area contributed by atoms with Gasteiger partial charge in [0.1, 0.15) is 10.8 Å². The van der Waals surface area contributed by atoms with Crippen molar-refractivity contribution in [3.63, 3.8) is 0 Å². The molecule has 0 saturated carbocycles. The standard InChI is InChI=1S/C18H14N4O2S2/c1-23-15-8-3-2-6-13(15)16-21-22-18(24-16)26-11-12-10-25-17(20-12)14-7-4-5-9-19-14/h2-10H,11H2,1H3. The summed E-state index contributed by atoms with van der Waals surface area (Å²) in [5.74, 6) is 1.79. The van der Waals surface area contributed by atoms with Crippen LogP contribution in [-0.2, 0) is 5.75 Å². The predicted octanol–water partition coefficient (Wildman–Crippen LogP) is 4.56. The molecular formula is C18H14N4O2S2. The Bertz CT molecular complexity index is 1000. The number of thiazole rings is 1. The van der Waals surface area contributed by atoms with Gasteiger partial charge in [0.25, 0.3) is 11.1 Å². The monoisotopic (exact) mass is 382 g/mol. The first kappa shape index (κ1) is 16.7. The Balaban J connectivity index is 1.45. The average Bonchev–Trinajstić information content (AvgIpc) is 3.36. The van der Waals surface area contributed by atoms with Gasteiger partial charge in [-0.25, -0.2) is 4.98 Å². The van der Waals surface area contributed by atoms with Crippen LogP contribution in [0, 0.1) is 0 Å². The summed E-state index contributed by atoms with van der Waals surface area (Å²) in [6.07, 6.45) is 1.77. The van der Waals surface area contributed by atoms with Crippen LogP contribution in [0.1, 0.15) is 5.69 Å². The molecule has 4 rings (SSSR count). The molecule has 8 heteroatoms. The van der Waals surface area contributed by atoms with E-state index in [1.165, 1.54) is 11.8 Å². The first-order valence-corrected chi connectivity index (χ1v) is 9.65. The van der Waals surface area contributed by atoms with Crippen LogP contribution in [0.2, 0.25) is 0 Å². The Hall–Kier alpha value is -2.71. The SMILES string of the molecule is COc1ccccc1-c1nnc(SCc2csc(-c3ccccn3)n2)o1. The highest BCUT2D eigenvalue weighted by molar-refractivity contribution is 7.98. The maximum absolute atomic E-state index is 5.75. The highest BCUT2D eigenvalue weighted by Gasteiger charge is 2.14. The highest BCUT2D eigenvalue weighted by Crippen LogP contribution is 2.31. The van der Waals surface area contributed by atoms with Crippen LogP contribution < -0.4 is 4.74 Å². The van der Waals surface area contributed by atoms with Gasteiger partial charge in [-0.1, -0.05) is 30.0 Å². The first-order chi connectivity index (χ1) is 12.8. The summed E-state index contributed by atoms with van der Waals surface area (Å²) in [5.41, 5.74) is 2.61. The molecule has 0 spiro atoms. The second-order valence-electron chi connectivity index (χ2n) is 5.22. The van der Waals surface area contributed by atoms with Gasteiger partial charge in [0.15, 0.2) is 0 Å². The van der Waals surface area contributed by atoms with Crippen LogP contribution in [0.4, 0.5) is 0 Å². The van der Waals surface area contributed by atoms with E-state index < -0.39 is 0 Å². The van der Waals surface area contributed by atoms with E-state index in [0.29, 0.717) is 22.6 Å². The minimum absolute atomic E-state index is 0.442. The summed E-state index contributed by atoms with van der Waals surface area (Å²) in [6.45, 7) is 0. The van der Waals surface area contributed by atoms with Gasteiger partial charge < -0.3 is 9.15 Å². The molecular weight excluding hydrogens is 368 g/mol. The molecule has 0 atom stereocenters. The molecule has 1 aromatic carbocycles. The van der Waals surface area contributed by atoms with Crippen molar-refractivity contribution in [3.05, 3.63) is 59.7 Å². The second kappa shape index (κ2) is 7.67. The molecule has 0 amide bonds. The van der Waals surface area contributed by atoms with Gasteiger partial charge in [0.05, 0.1) is 24.1 Å². The molecule has 0 aliphatic heterocycles. The molecule has 26 heavy (non-hydrogen) atoms. The van der Waals surface area contributed by atoms with E-state index in [0.717, 1.165) is 22.0 Å². The van der Waals surface area contributed by atoms with Crippen molar-refractivity contribution in [1.82, 2.24) is 20.2 Å². The van der Waals surface area contributed by atoms with Crippen molar-refractivity contribution >= 4 is 23.1 Å². The number of methoxy groups -OCH3 is 1. The normalized spacial score (nSPS) is 10.8. The number of ether oxygens (including phenoxy) is 1. The highest BCUT2D eigenvalue weighted by atomic mass is 32.2. The quantitative estimate of drug-likeness (QED) is 0.453. The number of rotatable bonds is 6. The molecule has 0 bridgehead atoms. The lowest BCUT2D eigenvalue weighted by Crippen LogP contribution is -1.87. The third-order valence-corrected chi connectivity index (χ3v) is 5.29. The van der Waals surface area contributed by atoms with Crippen molar-refractivity contribution in [2.45, 2.75) is 11.0 Å². The Morgan fingerprint density at radius 3 is 2.85 bits per heavy atom. The molecule has 6 nitrogen and oxygen atoms in total. The smallest absolute Gasteiger partial charge is 0.277 e. The average molecular weight is 382 g/mol. The number of thioether (sulfide) groups is 1. The zero-order chi connectivity index (χ0) is 17.8. The summed E-state index contributed by atoms with van der Waals surface area (Å²) in [7, 11) is 1.62. The molecule has 0 saturated heterocycles. The fraction of sp³-hybridized carbons (Fsp3) is 0.111. The number of hydrogen-bond donors (Lipinski definition) is 0. The molecule has 0 fully saturated rings. The van der Waals surface area contributed by atoms with Crippen molar-refractivity contribution in [1.29, 1.82) is 0 Å². The van der Waals surface area contributed by atoms with E-state index in [-0.39, 0.29) is 0 Å². The summed E-state index contributed by atoms with van der Waals surface area (Å²) < 4.78 is 11.1. The molecule has 0 N–H and O–H groups in total. The summed E-state index contributed by atoms with van der Waals surface area (Å²) in [4.78, 5) is 8.94.